The lowest BCUT2D eigenvalue weighted by Crippen LogP contribution is -2.47. The van der Waals surface area contributed by atoms with Crippen molar-refractivity contribution in [1.82, 2.24) is 4.90 Å². The van der Waals surface area contributed by atoms with Crippen molar-refractivity contribution < 1.29 is 14.7 Å². The molecule has 0 bridgehead atoms. The number of aryl methyl sites for hydroxylation is 1. The number of rotatable bonds is 2. The largest absolute Gasteiger partial charge is 0.481 e. The molecular formula is C17H19NO3S. The van der Waals surface area contributed by atoms with Crippen LogP contribution in [0.25, 0.3) is 10.1 Å². The molecule has 1 aromatic carbocycles. The van der Waals surface area contributed by atoms with E-state index < -0.39 is 17.4 Å². The number of likely N-dealkylation sites (tertiary alicyclic amines) is 1. The summed E-state index contributed by atoms with van der Waals surface area (Å²) in [5.74, 6) is -1.39. The van der Waals surface area contributed by atoms with Gasteiger partial charge in [0.15, 0.2) is 0 Å². The van der Waals surface area contributed by atoms with Crippen molar-refractivity contribution in [2.75, 3.05) is 6.54 Å². The van der Waals surface area contributed by atoms with Crippen LogP contribution in [0.5, 0.6) is 0 Å². The molecule has 0 aliphatic carbocycles. The number of benzene rings is 1. The van der Waals surface area contributed by atoms with Gasteiger partial charge in [-0.05, 0) is 44.2 Å². The summed E-state index contributed by atoms with van der Waals surface area (Å²) in [4.78, 5) is 26.6. The summed E-state index contributed by atoms with van der Waals surface area (Å²) in [6, 6.07) is 7.94. The third-order valence-corrected chi connectivity index (χ3v) is 5.96. The molecule has 1 amide bonds. The van der Waals surface area contributed by atoms with Crippen molar-refractivity contribution in [2.45, 2.75) is 32.7 Å². The quantitative estimate of drug-likeness (QED) is 0.922. The van der Waals surface area contributed by atoms with Crippen LogP contribution in [0, 0.1) is 12.8 Å². The van der Waals surface area contributed by atoms with Crippen LogP contribution in [-0.4, -0.2) is 34.0 Å². The predicted octanol–water partition coefficient (Wildman–Crippen LogP) is 3.54. The molecule has 1 aliphatic heterocycles. The second-order valence-corrected chi connectivity index (χ2v) is 7.45. The number of carbonyl (C=O) groups excluding carboxylic acids is 1. The van der Waals surface area contributed by atoms with E-state index in [0.717, 1.165) is 15.6 Å². The van der Waals surface area contributed by atoms with Crippen molar-refractivity contribution in [3.8, 4) is 0 Å². The second-order valence-electron chi connectivity index (χ2n) is 6.39. The van der Waals surface area contributed by atoms with Gasteiger partial charge in [0, 0.05) is 11.2 Å². The van der Waals surface area contributed by atoms with Crippen LogP contribution in [0.4, 0.5) is 0 Å². The van der Waals surface area contributed by atoms with E-state index >= 15 is 0 Å². The van der Waals surface area contributed by atoms with Crippen LogP contribution in [0.1, 0.15) is 35.5 Å². The zero-order chi connectivity index (χ0) is 16.1. The summed E-state index contributed by atoms with van der Waals surface area (Å²) < 4.78 is 1.12. The highest BCUT2D eigenvalue weighted by atomic mass is 32.1. The van der Waals surface area contributed by atoms with Crippen molar-refractivity contribution in [1.29, 1.82) is 0 Å². The summed E-state index contributed by atoms with van der Waals surface area (Å²) in [5, 5.41) is 10.4. The third kappa shape index (κ3) is 2.20. The zero-order valence-corrected chi connectivity index (χ0v) is 13.7. The van der Waals surface area contributed by atoms with Gasteiger partial charge in [0.2, 0.25) is 0 Å². The van der Waals surface area contributed by atoms with Crippen LogP contribution in [0.2, 0.25) is 0 Å². The molecule has 1 unspecified atom stereocenters. The maximum atomic E-state index is 12.9. The van der Waals surface area contributed by atoms with Crippen LogP contribution in [0.3, 0.4) is 0 Å². The van der Waals surface area contributed by atoms with Gasteiger partial charge in [0.1, 0.15) is 0 Å². The summed E-state index contributed by atoms with van der Waals surface area (Å²) >= 11 is 1.49. The maximum Gasteiger partial charge on any atom is 0.308 e. The van der Waals surface area contributed by atoms with Crippen molar-refractivity contribution in [2.24, 2.45) is 5.92 Å². The minimum absolute atomic E-state index is 0.0608. The normalized spacial score (nSPS) is 20.5. The zero-order valence-electron chi connectivity index (χ0n) is 12.9. The van der Waals surface area contributed by atoms with Crippen molar-refractivity contribution in [3.63, 3.8) is 0 Å². The Balaban J connectivity index is 1.96. The first kappa shape index (κ1) is 15.0. The van der Waals surface area contributed by atoms with Gasteiger partial charge in [-0.3, -0.25) is 9.59 Å². The molecule has 0 spiro atoms. The van der Waals surface area contributed by atoms with E-state index in [-0.39, 0.29) is 5.91 Å². The lowest BCUT2D eigenvalue weighted by molar-refractivity contribution is -0.143. The number of carbonyl (C=O) groups is 2. The lowest BCUT2D eigenvalue weighted by atomic mass is 9.88. The number of fused-ring (bicyclic) bond motifs is 1. The van der Waals surface area contributed by atoms with E-state index in [9.17, 15) is 14.7 Å². The van der Waals surface area contributed by atoms with Gasteiger partial charge in [-0.1, -0.05) is 18.2 Å². The fourth-order valence-electron chi connectivity index (χ4n) is 3.32. The van der Waals surface area contributed by atoms with Gasteiger partial charge in [0.05, 0.1) is 16.3 Å². The monoisotopic (exact) mass is 317 g/mol. The average molecular weight is 317 g/mol. The minimum Gasteiger partial charge on any atom is -0.481 e. The topological polar surface area (TPSA) is 57.6 Å². The number of nitrogens with zero attached hydrogens (tertiary/aromatic N) is 1. The molecule has 3 rings (SSSR count). The van der Waals surface area contributed by atoms with Crippen molar-refractivity contribution >= 4 is 33.3 Å². The molecule has 5 heteroatoms. The molecular weight excluding hydrogens is 298 g/mol. The Bertz CT molecular complexity index is 762. The molecule has 1 atom stereocenters. The van der Waals surface area contributed by atoms with E-state index in [1.54, 1.807) is 4.90 Å². The molecule has 116 valence electrons. The number of carboxylic acids is 1. The van der Waals surface area contributed by atoms with Gasteiger partial charge in [0.25, 0.3) is 5.91 Å². The number of hydrogen-bond donors (Lipinski definition) is 1. The Hall–Kier alpha value is -1.88. The average Bonchev–Trinajstić information content (AvgIpc) is 2.99. The molecule has 1 aromatic heterocycles. The maximum absolute atomic E-state index is 12.9. The molecule has 2 aromatic rings. The summed E-state index contributed by atoms with van der Waals surface area (Å²) in [6.45, 7) is 6.22. The standard InChI is InChI=1S/C17H19NO3S/c1-10-5-4-6-11-9-13(22-14(10)11)15(19)18-8-7-12(16(20)21)17(18,2)3/h4-6,9,12H,7-8H2,1-3H3,(H,20,21). The molecule has 4 nitrogen and oxygen atoms in total. The van der Waals surface area contributed by atoms with E-state index in [1.807, 2.05) is 45.0 Å². The molecule has 2 heterocycles. The van der Waals surface area contributed by atoms with Gasteiger partial charge in [-0.2, -0.15) is 0 Å². The highest BCUT2D eigenvalue weighted by Gasteiger charge is 2.47. The number of thiophene rings is 1. The van der Waals surface area contributed by atoms with E-state index in [0.29, 0.717) is 17.8 Å². The first-order valence-electron chi connectivity index (χ1n) is 7.36. The van der Waals surface area contributed by atoms with Crippen LogP contribution in [-0.2, 0) is 4.79 Å². The van der Waals surface area contributed by atoms with Crippen LogP contribution < -0.4 is 0 Å². The molecule has 1 aliphatic rings. The number of aliphatic carboxylic acids is 1. The van der Waals surface area contributed by atoms with Crippen LogP contribution >= 0.6 is 11.3 Å². The van der Waals surface area contributed by atoms with Gasteiger partial charge in [-0.25, -0.2) is 0 Å². The van der Waals surface area contributed by atoms with Gasteiger partial charge in [-0.15, -0.1) is 11.3 Å². The smallest absolute Gasteiger partial charge is 0.308 e. The second kappa shape index (κ2) is 5.09. The van der Waals surface area contributed by atoms with Crippen molar-refractivity contribution in [3.05, 3.63) is 34.7 Å². The fourth-order valence-corrected chi connectivity index (χ4v) is 4.40. The highest BCUT2D eigenvalue weighted by Crippen LogP contribution is 2.37. The molecule has 1 N–H and O–H groups in total. The Kier molecular flexibility index (Phi) is 3.48. The predicted molar refractivity (Wildman–Crippen MR) is 87.4 cm³/mol. The number of carboxylic acid groups (broad SMARTS) is 1. The number of hydrogen-bond acceptors (Lipinski definition) is 3. The first-order valence-corrected chi connectivity index (χ1v) is 8.18. The Morgan fingerprint density at radius 1 is 1.36 bits per heavy atom. The minimum atomic E-state index is -0.826. The molecule has 0 radical (unpaired) electrons. The molecule has 1 fully saturated rings. The third-order valence-electron chi connectivity index (χ3n) is 4.68. The molecule has 1 saturated heterocycles. The lowest BCUT2D eigenvalue weighted by Gasteiger charge is -2.34. The van der Waals surface area contributed by atoms with E-state index in [4.69, 9.17) is 0 Å². The Morgan fingerprint density at radius 2 is 2.09 bits per heavy atom. The Labute approximate surface area is 133 Å². The SMILES string of the molecule is Cc1cccc2cc(C(=O)N3CCC(C(=O)O)C3(C)C)sc12. The highest BCUT2D eigenvalue weighted by molar-refractivity contribution is 7.21. The fraction of sp³-hybridized carbons (Fsp3) is 0.412. The van der Waals surface area contributed by atoms with E-state index in [1.165, 1.54) is 11.3 Å². The van der Waals surface area contributed by atoms with E-state index in [2.05, 4.69) is 0 Å². The summed E-state index contributed by atoms with van der Waals surface area (Å²) in [7, 11) is 0. The summed E-state index contributed by atoms with van der Waals surface area (Å²) in [6.07, 6.45) is 0.512. The molecule has 0 saturated carbocycles. The summed E-state index contributed by atoms with van der Waals surface area (Å²) in [5.41, 5.74) is 0.499. The van der Waals surface area contributed by atoms with Crippen LogP contribution in [0.15, 0.2) is 24.3 Å². The Morgan fingerprint density at radius 3 is 2.68 bits per heavy atom. The number of amides is 1. The molecule has 22 heavy (non-hydrogen) atoms. The van der Waals surface area contributed by atoms with Gasteiger partial charge < -0.3 is 10.0 Å². The van der Waals surface area contributed by atoms with Gasteiger partial charge >= 0.3 is 5.97 Å². The first-order chi connectivity index (χ1) is 10.3.